The van der Waals surface area contributed by atoms with Crippen molar-refractivity contribution in [1.29, 1.82) is 0 Å². The number of alkyl halides is 1. The molecule has 158 valence electrons. The standard InChI is InChI=1S/C21H24F2N6O/c22-11-19(30)15-29-14-16(12-26-29)13-27-7-9-28(10-8-27)21-20(24-5-6-25-21)17-1-3-18(23)4-2-17/h1-6,12,14,19,30H,7-11,13,15H2/t19-/m0/s1. The van der Waals surface area contributed by atoms with Crippen molar-refractivity contribution >= 4 is 5.82 Å². The number of hydrogen-bond acceptors (Lipinski definition) is 6. The fourth-order valence-electron chi connectivity index (χ4n) is 3.60. The highest BCUT2D eigenvalue weighted by Gasteiger charge is 2.22. The summed E-state index contributed by atoms with van der Waals surface area (Å²) in [5, 5.41) is 13.6. The van der Waals surface area contributed by atoms with E-state index in [1.165, 1.54) is 12.1 Å². The average molecular weight is 414 g/mol. The van der Waals surface area contributed by atoms with E-state index in [-0.39, 0.29) is 12.4 Å². The summed E-state index contributed by atoms with van der Waals surface area (Å²) in [6, 6.07) is 6.30. The van der Waals surface area contributed by atoms with Gasteiger partial charge in [0.1, 0.15) is 24.3 Å². The van der Waals surface area contributed by atoms with Crippen molar-refractivity contribution < 1.29 is 13.9 Å². The number of halogens is 2. The largest absolute Gasteiger partial charge is 0.388 e. The lowest BCUT2D eigenvalue weighted by Crippen LogP contribution is -2.46. The molecule has 9 heteroatoms. The monoisotopic (exact) mass is 414 g/mol. The van der Waals surface area contributed by atoms with Gasteiger partial charge in [0.25, 0.3) is 0 Å². The van der Waals surface area contributed by atoms with Crippen LogP contribution >= 0.6 is 0 Å². The predicted molar refractivity (Wildman–Crippen MR) is 109 cm³/mol. The number of benzene rings is 1. The predicted octanol–water partition coefficient (Wildman–Crippen LogP) is 2.13. The normalized spacial score (nSPS) is 16.0. The Hall–Kier alpha value is -2.91. The number of nitrogens with zero attached hydrogens (tertiary/aromatic N) is 6. The second kappa shape index (κ2) is 9.27. The lowest BCUT2D eigenvalue weighted by atomic mass is 10.1. The SMILES string of the molecule is O[C@@H](CF)Cn1cc(CN2CCN(c3nccnc3-c3ccc(F)cc3)CC2)cn1. The molecule has 2 aromatic heterocycles. The molecule has 1 aliphatic rings. The van der Waals surface area contributed by atoms with E-state index in [1.807, 2.05) is 6.20 Å². The molecular weight excluding hydrogens is 390 g/mol. The number of anilines is 1. The summed E-state index contributed by atoms with van der Waals surface area (Å²) in [4.78, 5) is 13.5. The van der Waals surface area contributed by atoms with Gasteiger partial charge in [-0.15, -0.1) is 0 Å². The number of rotatable bonds is 7. The van der Waals surface area contributed by atoms with Crippen molar-refractivity contribution in [2.24, 2.45) is 0 Å². The van der Waals surface area contributed by atoms with Crippen LogP contribution in [0.2, 0.25) is 0 Å². The highest BCUT2D eigenvalue weighted by Crippen LogP contribution is 2.27. The first-order chi connectivity index (χ1) is 14.6. The molecule has 1 aromatic carbocycles. The molecule has 1 atom stereocenters. The maximum atomic E-state index is 13.3. The van der Waals surface area contributed by atoms with E-state index in [1.54, 1.807) is 35.4 Å². The van der Waals surface area contributed by atoms with E-state index >= 15 is 0 Å². The molecular formula is C21H24F2N6O. The Bertz CT molecular complexity index is 956. The number of aliphatic hydroxyl groups is 1. The zero-order chi connectivity index (χ0) is 20.9. The summed E-state index contributed by atoms with van der Waals surface area (Å²) in [6.07, 6.45) is 5.90. The van der Waals surface area contributed by atoms with Gasteiger partial charge in [0.05, 0.1) is 12.7 Å². The van der Waals surface area contributed by atoms with Crippen LogP contribution in [0.15, 0.2) is 49.1 Å². The van der Waals surface area contributed by atoms with Crippen molar-refractivity contribution in [3.05, 3.63) is 60.4 Å². The Morgan fingerprint density at radius 2 is 1.77 bits per heavy atom. The first-order valence-corrected chi connectivity index (χ1v) is 9.92. The molecule has 1 fully saturated rings. The molecule has 1 aliphatic heterocycles. The topological polar surface area (TPSA) is 70.3 Å². The van der Waals surface area contributed by atoms with Crippen molar-refractivity contribution in [3.63, 3.8) is 0 Å². The van der Waals surface area contributed by atoms with Gasteiger partial charge in [-0.2, -0.15) is 5.10 Å². The third-order valence-electron chi connectivity index (χ3n) is 5.14. The summed E-state index contributed by atoms with van der Waals surface area (Å²) >= 11 is 0. The average Bonchev–Trinajstić information content (AvgIpc) is 3.21. The summed E-state index contributed by atoms with van der Waals surface area (Å²) in [5.41, 5.74) is 2.62. The summed E-state index contributed by atoms with van der Waals surface area (Å²) < 4.78 is 27.3. The van der Waals surface area contributed by atoms with Gasteiger partial charge in [0.15, 0.2) is 5.82 Å². The molecule has 0 unspecified atom stereocenters. The maximum Gasteiger partial charge on any atom is 0.155 e. The van der Waals surface area contributed by atoms with Gasteiger partial charge in [-0.05, 0) is 24.3 Å². The highest BCUT2D eigenvalue weighted by atomic mass is 19.1. The van der Waals surface area contributed by atoms with Crippen LogP contribution in [0.5, 0.6) is 0 Å². The van der Waals surface area contributed by atoms with Crippen LogP contribution in [-0.2, 0) is 13.1 Å². The molecule has 0 saturated carbocycles. The van der Waals surface area contributed by atoms with Crippen molar-refractivity contribution in [2.75, 3.05) is 37.8 Å². The van der Waals surface area contributed by atoms with E-state index in [4.69, 9.17) is 0 Å². The Balaban J connectivity index is 1.38. The van der Waals surface area contributed by atoms with Crippen LogP contribution in [0.1, 0.15) is 5.56 Å². The fraction of sp³-hybridized carbons (Fsp3) is 0.381. The van der Waals surface area contributed by atoms with Crippen molar-refractivity contribution in [3.8, 4) is 11.3 Å². The molecule has 0 amide bonds. The van der Waals surface area contributed by atoms with Crippen LogP contribution in [0, 0.1) is 5.82 Å². The molecule has 7 nitrogen and oxygen atoms in total. The quantitative estimate of drug-likeness (QED) is 0.639. The lowest BCUT2D eigenvalue weighted by Gasteiger charge is -2.35. The zero-order valence-corrected chi connectivity index (χ0v) is 16.5. The summed E-state index contributed by atoms with van der Waals surface area (Å²) in [6.45, 7) is 3.39. The lowest BCUT2D eigenvalue weighted by molar-refractivity contribution is 0.118. The Kier molecular flexibility index (Phi) is 6.29. The first kappa shape index (κ1) is 20.4. The molecule has 3 aromatic rings. The van der Waals surface area contributed by atoms with E-state index in [0.717, 1.165) is 55.4 Å². The number of piperazine rings is 1. The molecule has 0 spiro atoms. The molecule has 30 heavy (non-hydrogen) atoms. The third kappa shape index (κ3) is 4.80. The molecule has 3 heterocycles. The zero-order valence-electron chi connectivity index (χ0n) is 16.5. The van der Waals surface area contributed by atoms with Gasteiger partial charge < -0.3 is 10.0 Å². The van der Waals surface area contributed by atoms with Gasteiger partial charge in [-0.3, -0.25) is 14.6 Å². The number of aromatic nitrogens is 4. The van der Waals surface area contributed by atoms with Crippen molar-refractivity contribution in [1.82, 2.24) is 24.6 Å². The van der Waals surface area contributed by atoms with Gasteiger partial charge in [-0.25, -0.2) is 13.8 Å². The van der Waals surface area contributed by atoms with Gasteiger partial charge in [-0.1, -0.05) is 0 Å². The Morgan fingerprint density at radius 3 is 2.50 bits per heavy atom. The van der Waals surface area contributed by atoms with Gasteiger partial charge in [0.2, 0.25) is 0 Å². The van der Waals surface area contributed by atoms with Gasteiger partial charge >= 0.3 is 0 Å². The second-order valence-corrected chi connectivity index (χ2v) is 7.38. The Morgan fingerprint density at radius 1 is 1.03 bits per heavy atom. The van der Waals surface area contributed by atoms with E-state index in [2.05, 4.69) is 24.9 Å². The Labute approximate surface area is 173 Å². The summed E-state index contributed by atoms with van der Waals surface area (Å²) in [7, 11) is 0. The smallest absolute Gasteiger partial charge is 0.155 e. The number of hydrogen-bond donors (Lipinski definition) is 1. The molecule has 0 radical (unpaired) electrons. The highest BCUT2D eigenvalue weighted by molar-refractivity contribution is 5.72. The minimum Gasteiger partial charge on any atom is -0.388 e. The third-order valence-corrected chi connectivity index (χ3v) is 5.14. The van der Waals surface area contributed by atoms with E-state index in [9.17, 15) is 13.9 Å². The molecule has 0 bridgehead atoms. The van der Waals surface area contributed by atoms with Crippen LogP contribution in [0.4, 0.5) is 14.6 Å². The van der Waals surface area contributed by atoms with Gasteiger partial charge in [0, 0.05) is 62.4 Å². The second-order valence-electron chi connectivity index (χ2n) is 7.38. The number of aliphatic hydroxyl groups excluding tert-OH is 1. The summed E-state index contributed by atoms with van der Waals surface area (Å²) in [5.74, 6) is 0.525. The first-order valence-electron chi connectivity index (χ1n) is 9.92. The minimum atomic E-state index is -1.02. The minimum absolute atomic E-state index is 0.156. The molecule has 1 saturated heterocycles. The maximum absolute atomic E-state index is 13.3. The van der Waals surface area contributed by atoms with E-state index < -0.39 is 12.8 Å². The molecule has 1 N–H and O–H groups in total. The molecule has 4 rings (SSSR count). The van der Waals surface area contributed by atoms with Crippen molar-refractivity contribution in [2.45, 2.75) is 19.2 Å². The van der Waals surface area contributed by atoms with Crippen LogP contribution in [-0.4, -0.2) is 68.7 Å². The van der Waals surface area contributed by atoms with Crippen LogP contribution in [0.3, 0.4) is 0 Å². The van der Waals surface area contributed by atoms with Crippen LogP contribution < -0.4 is 4.90 Å². The fourth-order valence-corrected chi connectivity index (χ4v) is 3.60. The van der Waals surface area contributed by atoms with E-state index in [0.29, 0.717) is 0 Å². The van der Waals surface area contributed by atoms with Crippen LogP contribution in [0.25, 0.3) is 11.3 Å². The molecule has 0 aliphatic carbocycles.